The SMILES string of the molecule is N#Cc1cc(-c2ccc(-n3c4ccc(C#N)cc4c4ccc(-n5c6ccccc6c6ccccc65)cc43)cc2)cc(-n2c3ccccc3c3cc(C#N)ccc32)c1. The second-order valence-electron chi connectivity index (χ2n) is 14.4. The van der Waals surface area contributed by atoms with Gasteiger partial charge in [-0.3, -0.25) is 0 Å². The summed E-state index contributed by atoms with van der Waals surface area (Å²) in [5.41, 5.74) is 12.9. The summed E-state index contributed by atoms with van der Waals surface area (Å²) in [5, 5.41) is 36.2. The van der Waals surface area contributed by atoms with Gasteiger partial charge in [0.2, 0.25) is 0 Å². The van der Waals surface area contributed by atoms with E-state index in [9.17, 15) is 15.8 Å². The van der Waals surface area contributed by atoms with Gasteiger partial charge in [-0.05, 0) is 108 Å². The van der Waals surface area contributed by atoms with Crippen LogP contribution in [0.1, 0.15) is 16.7 Å². The van der Waals surface area contributed by atoms with E-state index in [4.69, 9.17) is 0 Å². The molecular weight excluding hydrogens is 697 g/mol. The predicted octanol–water partition coefficient (Wildman–Crippen LogP) is 12.3. The van der Waals surface area contributed by atoms with E-state index in [1.165, 1.54) is 10.8 Å². The molecule has 6 nitrogen and oxygen atoms in total. The van der Waals surface area contributed by atoms with Crippen molar-refractivity contribution < 1.29 is 0 Å². The minimum Gasteiger partial charge on any atom is -0.309 e. The average molecular weight is 725 g/mol. The Hall–Kier alpha value is -8.37. The van der Waals surface area contributed by atoms with Crippen molar-refractivity contribution in [1.29, 1.82) is 15.8 Å². The van der Waals surface area contributed by atoms with Gasteiger partial charge in [-0.25, -0.2) is 0 Å². The molecule has 0 bridgehead atoms. The monoisotopic (exact) mass is 724 g/mol. The van der Waals surface area contributed by atoms with E-state index >= 15 is 0 Å². The van der Waals surface area contributed by atoms with Gasteiger partial charge in [-0.2, -0.15) is 15.8 Å². The second-order valence-corrected chi connectivity index (χ2v) is 14.4. The molecule has 3 heterocycles. The molecule has 0 amide bonds. The molecule has 8 aromatic carbocycles. The van der Waals surface area contributed by atoms with Crippen LogP contribution in [0.15, 0.2) is 170 Å². The molecule has 11 aromatic rings. The van der Waals surface area contributed by atoms with E-state index in [2.05, 4.69) is 141 Å². The van der Waals surface area contributed by atoms with Crippen LogP contribution in [0, 0.1) is 34.0 Å². The standard InChI is InChI=1S/C51H28N6/c52-29-32-14-22-50-44(25-32)42-9-3-6-12-48(42)57(50)39-24-34(31-54)23-36(27-39)35-15-17-37(18-16-35)55-49-21-13-33(30-53)26-45(49)43-20-19-38(28-51(43)55)56-46-10-4-1-7-40(46)41-8-2-5-11-47(41)56/h1-28H. The van der Waals surface area contributed by atoms with Crippen molar-refractivity contribution in [3.63, 3.8) is 0 Å². The largest absolute Gasteiger partial charge is 0.309 e. The Labute approximate surface area is 326 Å². The van der Waals surface area contributed by atoms with Crippen molar-refractivity contribution in [2.75, 3.05) is 0 Å². The van der Waals surface area contributed by atoms with Crippen molar-refractivity contribution in [3.05, 3.63) is 187 Å². The minimum absolute atomic E-state index is 0.555. The van der Waals surface area contributed by atoms with E-state index in [1.54, 1.807) is 0 Å². The highest BCUT2D eigenvalue weighted by Crippen LogP contribution is 2.39. The van der Waals surface area contributed by atoms with Crippen molar-refractivity contribution in [2.45, 2.75) is 0 Å². The molecule has 0 aliphatic rings. The summed E-state index contributed by atoms with van der Waals surface area (Å²) in [4.78, 5) is 0. The van der Waals surface area contributed by atoms with E-state index < -0.39 is 0 Å². The van der Waals surface area contributed by atoms with E-state index in [-0.39, 0.29) is 0 Å². The van der Waals surface area contributed by atoms with Crippen molar-refractivity contribution in [3.8, 4) is 46.4 Å². The Balaban J connectivity index is 1.08. The fourth-order valence-electron chi connectivity index (χ4n) is 8.79. The lowest BCUT2D eigenvalue weighted by molar-refractivity contribution is 1.15. The Morgan fingerprint density at radius 2 is 0.737 bits per heavy atom. The van der Waals surface area contributed by atoms with Gasteiger partial charge in [0, 0.05) is 49.4 Å². The molecule has 0 saturated heterocycles. The van der Waals surface area contributed by atoms with Crippen LogP contribution in [0.25, 0.3) is 93.6 Å². The number of benzene rings is 8. The van der Waals surface area contributed by atoms with Crippen molar-refractivity contribution >= 4 is 65.4 Å². The van der Waals surface area contributed by atoms with Gasteiger partial charge >= 0.3 is 0 Å². The molecule has 3 aromatic heterocycles. The number of rotatable bonds is 4. The van der Waals surface area contributed by atoms with E-state index in [0.29, 0.717) is 16.7 Å². The zero-order chi connectivity index (χ0) is 38.2. The minimum atomic E-state index is 0.555. The fraction of sp³-hybridized carbons (Fsp3) is 0. The first-order valence-corrected chi connectivity index (χ1v) is 18.7. The first-order valence-electron chi connectivity index (χ1n) is 18.7. The molecule has 0 fully saturated rings. The highest BCUT2D eigenvalue weighted by atomic mass is 15.0. The van der Waals surface area contributed by atoms with Gasteiger partial charge in [0.25, 0.3) is 0 Å². The first-order chi connectivity index (χ1) is 28.1. The summed E-state index contributed by atoms with van der Waals surface area (Å²) >= 11 is 0. The second kappa shape index (κ2) is 12.3. The molecule has 0 aliphatic carbocycles. The Bertz CT molecular complexity index is 3560. The third-order valence-corrected chi connectivity index (χ3v) is 11.3. The summed E-state index contributed by atoms with van der Waals surface area (Å²) in [5.74, 6) is 0. The molecule has 0 atom stereocenters. The molecule has 11 rings (SSSR count). The van der Waals surface area contributed by atoms with Gasteiger partial charge in [-0.1, -0.05) is 72.8 Å². The maximum absolute atomic E-state index is 10.2. The van der Waals surface area contributed by atoms with Crippen LogP contribution in [-0.2, 0) is 0 Å². The maximum atomic E-state index is 10.2. The molecule has 0 aliphatic heterocycles. The van der Waals surface area contributed by atoms with Gasteiger partial charge in [0.05, 0.1) is 68.0 Å². The molecule has 262 valence electrons. The van der Waals surface area contributed by atoms with Crippen LogP contribution in [-0.4, -0.2) is 13.7 Å². The number of nitrogens with zero attached hydrogens (tertiary/aromatic N) is 6. The van der Waals surface area contributed by atoms with Crippen molar-refractivity contribution in [2.24, 2.45) is 0 Å². The lowest BCUT2D eigenvalue weighted by atomic mass is 10.0. The number of fused-ring (bicyclic) bond motifs is 9. The quantitative estimate of drug-likeness (QED) is 0.181. The Morgan fingerprint density at radius 3 is 1.30 bits per heavy atom. The summed E-state index contributed by atoms with van der Waals surface area (Å²) < 4.78 is 6.78. The van der Waals surface area contributed by atoms with Crippen LogP contribution in [0.3, 0.4) is 0 Å². The number of para-hydroxylation sites is 3. The fourth-order valence-corrected chi connectivity index (χ4v) is 8.79. The summed E-state index contributed by atoms with van der Waals surface area (Å²) in [6, 6.07) is 64.9. The van der Waals surface area contributed by atoms with Crippen LogP contribution >= 0.6 is 0 Å². The zero-order valence-corrected chi connectivity index (χ0v) is 30.3. The summed E-state index contributed by atoms with van der Waals surface area (Å²) in [6.07, 6.45) is 0. The van der Waals surface area contributed by atoms with Crippen LogP contribution in [0.2, 0.25) is 0 Å². The normalized spacial score (nSPS) is 11.5. The van der Waals surface area contributed by atoms with Crippen LogP contribution < -0.4 is 0 Å². The molecule has 6 heteroatoms. The molecule has 0 N–H and O–H groups in total. The Kier molecular flexibility index (Phi) is 6.95. The maximum Gasteiger partial charge on any atom is 0.0992 e. The third kappa shape index (κ3) is 4.81. The number of nitriles is 3. The molecule has 0 radical (unpaired) electrons. The molecular formula is C51H28N6. The van der Waals surface area contributed by atoms with E-state index in [1.807, 2.05) is 60.7 Å². The highest BCUT2D eigenvalue weighted by Gasteiger charge is 2.18. The summed E-state index contributed by atoms with van der Waals surface area (Å²) in [7, 11) is 0. The van der Waals surface area contributed by atoms with Crippen LogP contribution in [0.4, 0.5) is 0 Å². The summed E-state index contributed by atoms with van der Waals surface area (Å²) in [6.45, 7) is 0. The van der Waals surface area contributed by atoms with E-state index in [0.717, 1.165) is 82.8 Å². The topological polar surface area (TPSA) is 86.2 Å². The number of hydrogen-bond donors (Lipinski definition) is 0. The van der Waals surface area contributed by atoms with Gasteiger partial charge in [-0.15, -0.1) is 0 Å². The highest BCUT2D eigenvalue weighted by molar-refractivity contribution is 6.13. The lowest BCUT2D eigenvalue weighted by Crippen LogP contribution is -1.97. The van der Waals surface area contributed by atoms with Gasteiger partial charge in [0.15, 0.2) is 0 Å². The smallest absolute Gasteiger partial charge is 0.0992 e. The predicted molar refractivity (Wildman–Crippen MR) is 229 cm³/mol. The van der Waals surface area contributed by atoms with Gasteiger partial charge in [0.1, 0.15) is 0 Å². The third-order valence-electron chi connectivity index (χ3n) is 11.3. The van der Waals surface area contributed by atoms with Crippen LogP contribution in [0.5, 0.6) is 0 Å². The average Bonchev–Trinajstić information content (AvgIpc) is 3.91. The molecule has 0 unspecified atom stereocenters. The zero-order valence-electron chi connectivity index (χ0n) is 30.3. The molecule has 0 spiro atoms. The van der Waals surface area contributed by atoms with Crippen molar-refractivity contribution in [1.82, 2.24) is 13.7 Å². The number of hydrogen-bond acceptors (Lipinski definition) is 3. The van der Waals surface area contributed by atoms with Gasteiger partial charge < -0.3 is 13.7 Å². The number of aromatic nitrogens is 3. The molecule has 57 heavy (non-hydrogen) atoms. The first kappa shape index (κ1) is 32.1. The lowest BCUT2D eigenvalue weighted by Gasteiger charge is -2.13. The Morgan fingerprint density at radius 1 is 0.281 bits per heavy atom. The molecule has 0 saturated carbocycles.